The third-order valence-corrected chi connectivity index (χ3v) is 4.30. The SMILES string of the molecule is Cc1csc(=O)n1CCCC(=O)N(C)C(C)(C)CO. The van der Waals surface area contributed by atoms with Crippen LogP contribution in [0, 0.1) is 6.92 Å². The van der Waals surface area contributed by atoms with Gasteiger partial charge in [0.25, 0.3) is 0 Å². The molecular formula is C13H22N2O3S. The number of amides is 1. The summed E-state index contributed by atoms with van der Waals surface area (Å²) in [5.74, 6) is -0.0139. The van der Waals surface area contributed by atoms with Crippen molar-refractivity contribution in [2.75, 3.05) is 13.7 Å². The lowest BCUT2D eigenvalue weighted by Crippen LogP contribution is -2.47. The van der Waals surface area contributed by atoms with Crippen molar-refractivity contribution in [3.63, 3.8) is 0 Å². The molecule has 0 bridgehead atoms. The van der Waals surface area contributed by atoms with Gasteiger partial charge in [0, 0.05) is 31.1 Å². The summed E-state index contributed by atoms with van der Waals surface area (Å²) in [6.45, 7) is 6.02. The lowest BCUT2D eigenvalue weighted by molar-refractivity contribution is -0.136. The molecule has 0 unspecified atom stereocenters. The van der Waals surface area contributed by atoms with Crippen molar-refractivity contribution in [1.82, 2.24) is 9.47 Å². The summed E-state index contributed by atoms with van der Waals surface area (Å²) in [6, 6.07) is 0. The summed E-state index contributed by atoms with van der Waals surface area (Å²) in [7, 11) is 1.70. The molecule has 0 atom stereocenters. The largest absolute Gasteiger partial charge is 0.394 e. The van der Waals surface area contributed by atoms with Crippen molar-refractivity contribution in [2.24, 2.45) is 0 Å². The maximum atomic E-state index is 12.0. The molecule has 1 amide bonds. The molecule has 1 aromatic rings. The lowest BCUT2D eigenvalue weighted by atomic mass is 10.0. The van der Waals surface area contributed by atoms with Gasteiger partial charge in [-0.2, -0.15) is 0 Å². The Kier molecular flexibility index (Phi) is 5.31. The number of thiazole rings is 1. The smallest absolute Gasteiger partial charge is 0.307 e. The Bertz CT molecular complexity index is 490. The zero-order chi connectivity index (χ0) is 14.6. The molecule has 0 radical (unpaired) electrons. The van der Waals surface area contributed by atoms with Gasteiger partial charge >= 0.3 is 4.87 Å². The summed E-state index contributed by atoms with van der Waals surface area (Å²) in [6.07, 6.45) is 1.00. The van der Waals surface area contributed by atoms with Gasteiger partial charge in [-0.3, -0.25) is 9.59 Å². The molecule has 0 saturated carbocycles. The van der Waals surface area contributed by atoms with Crippen molar-refractivity contribution in [1.29, 1.82) is 0 Å². The summed E-state index contributed by atoms with van der Waals surface area (Å²) < 4.78 is 1.69. The van der Waals surface area contributed by atoms with Crippen molar-refractivity contribution < 1.29 is 9.90 Å². The second-order valence-corrected chi connectivity index (χ2v) is 6.14. The molecule has 1 heterocycles. The predicted octanol–water partition coefficient (Wildman–Crippen LogP) is 1.23. The maximum Gasteiger partial charge on any atom is 0.307 e. The topological polar surface area (TPSA) is 62.5 Å². The fourth-order valence-corrected chi connectivity index (χ4v) is 2.44. The number of aliphatic hydroxyl groups is 1. The van der Waals surface area contributed by atoms with Gasteiger partial charge in [-0.05, 0) is 27.2 Å². The average Bonchev–Trinajstić information content (AvgIpc) is 2.69. The van der Waals surface area contributed by atoms with E-state index in [1.54, 1.807) is 16.5 Å². The molecule has 6 heteroatoms. The van der Waals surface area contributed by atoms with E-state index in [9.17, 15) is 14.7 Å². The average molecular weight is 286 g/mol. The number of hydrogen-bond acceptors (Lipinski definition) is 4. The van der Waals surface area contributed by atoms with Gasteiger partial charge in [-0.15, -0.1) is 0 Å². The Morgan fingerprint density at radius 2 is 2.16 bits per heavy atom. The molecule has 1 aromatic heterocycles. The Hall–Kier alpha value is -1.14. The van der Waals surface area contributed by atoms with Crippen LogP contribution >= 0.6 is 11.3 Å². The molecule has 0 fully saturated rings. The van der Waals surface area contributed by atoms with Crippen LogP contribution in [-0.2, 0) is 11.3 Å². The van der Waals surface area contributed by atoms with Gasteiger partial charge in [0.15, 0.2) is 0 Å². The van der Waals surface area contributed by atoms with Gasteiger partial charge in [0.2, 0.25) is 5.91 Å². The first-order valence-corrected chi connectivity index (χ1v) is 7.20. The number of aromatic nitrogens is 1. The van der Waals surface area contributed by atoms with Crippen LogP contribution in [0.1, 0.15) is 32.4 Å². The Morgan fingerprint density at radius 1 is 1.53 bits per heavy atom. The third kappa shape index (κ3) is 3.91. The zero-order valence-electron chi connectivity index (χ0n) is 12.0. The van der Waals surface area contributed by atoms with Crippen LogP contribution in [0.3, 0.4) is 0 Å². The van der Waals surface area contributed by atoms with E-state index in [0.29, 0.717) is 19.4 Å². The highest BCUT2D eigenvalue weighted by Gasteiger charge is 2.26. The molecular weight excluding hydrogens is 264 g/mol. The lowest BCUT2D eigenvalue weighted by Gasteiger charge is -2.34. The van der Waals surface area contributed by atoms with Crippen LogP contribution < -0.4 is 4.87 Å². The molecule has 0 spiro atoms. The maximum absolute atomic E-state index is 12.0. The number of carbonyl (C=O) groups excluding carboxylic acids is 1. The molecule has 0 aliphatic heterocycles. The number of carbonyl (C=O) groups is 1. The van der Waals surface area contributed by atoms with Crippen LogP contribution in [-0.4, -0.2) is 39.7 Å². The quantitative estimate of drug-likeness (QED) is 0.855. The highest BCUT2D eigenvalue weighted by Crippen LogP contribution is 2.13. The van der Waals surface area contributed by atoms with E-state index < -0.39 is 5.54 Å². The van der Waals surface area contributed by atoms with Gasteiger partial charge in [0.1, 0.15) is 0 Å². The number of aryl methyl sites for hydroxylation is 1. The molecule has 108 valence electrons. The molecule has 1 rings (SSSR count). The van der Waals surface area contributed by atoms with E-state index in [0.717, 1.165) is 5.69 Å². The Balaban J connectivity index is 2.50. The minimum absolute atomic E-state index is 0.0139. The van der Waals surface area contributed by atoms with Gasteiger partial charge in [0.05, 0.1) is 12.1 Å². The van der Waals surface area contributed by atoms with Gasteiger partial charge in [-0.1, -0.05) is 11.3 Å². The normalized spacial score (nSPS) is 11.6. The van der Waals surface area contributed by atoms with Gasteiger partial charge in [-0.25, -0.2) is 0 Å². The molecule has 0 aliphatic rings. The van der Waals surface area contributed by atoms with Crippen LogP contribution in [0.2, 0.25) is 0 Å². The summed E-state index contributed by atoms with van der Waals surface area (Å²) in [4.78, 5) is 25.1. The van der Waals surface area contributed by atoms with E-state index >= 15 is 0 Å². The van der Waals surface area contributed by atoms with Crippen LogP contribution in [0.4, 0.5) is 0 Å². The summed E-state index contributed by atoms with van der Waals surface area (Å²) in [5.41, 5.74) is 0.387. The molecule has 1 N–H and O–H groups in total. The van der Waals surface area contributed by atoms with Crippen molar-refractivity contribution >= 4 is 17.2 Å². The second-order valence-electron chi connectivity index (χ2n) is 5.32. The first-order valence-electron chi connectivity index (χ1n) is 6.32. The molecule has 0 saturated heterocycles. The van der Waals surface area contributed by atoms with Crippen LogP contribution in [0.15, 0.2) is 10.2 Å². The molecule has 0 aromatic carbocycles. The molecule has 0 aliphatic carbocycles. The highest BCUT2D eigenvalue weighted by molar-refractivity contribution is 7.07. The number of likely N-dealkylation sites (N-methyl/N-ethyl adjacent to an activating group) is 1. The number of rotatable bonds is 6. The van der Waals surface area contributed by atoms with E-state index in [4.69, 9.17) is 0 Å². The van der Waals surface area contributed by atoms with Crippen molar-refractivity contribution in [3.05, 3.63) is 20.7 Å². The van der Waals surface area contributed by atoms with Crippen LogP contribution in [0.25, 0.3) is 0 Å². The standard InChI is InChI=1S/C13H22N2O3S/c1-10-8-19-12(18)15(10)7-5-6-11(17)14(4)13(2,3)9-16/h8,16H,5-7,9H2,1-4H3. The third-order valence-electron chi connectivity index (χ3n) is 3.42. The monoisotopic (exact) mass is 286 g/mol. The number of aliphatic hydroxyl groups excluding tert-OH is 1. The second kappa shape index (κ2) is 6.34. The molecule has 19 heavy (non-hydrogen) atoms. The fraction of sp³-hybridized carbons (Fsp3) is 0.692. The minimum Gasteiger partial charge on any atom is -0.394 e. The first-order chi connectivity index (χ1) is 8.79. The fourth-order valence-electron chi connectivity index (χ4n) is 1.67. The van der Waals surface area contributed by atoms with Crippen LogP contribution in [0.5, 0.6) is 0 Å². The number of nitrogens with zero attached hydrogens (tertiary/aromatic N) is 2. The van der Waals surface area contributed by atoms with E-state index in [1.807, 2.05) is 26.2 Å². The van der Waals surface area contributed by atoms with Gasteiger partial charge < -0.3 is 14.6 Å². The van der Waals surface area contributed by atoms with E-state index in [-0.39, 0.29) is 17.4 Å². The summed E-state index contributed by atoms with van der Waals surface area (Å²) in [5, 5.41) is 11.0. The van der Waals surface area contributed by atoms with Crippen molar-refractivity contribution in [2.45, 2.75) is 45.7 Å². The first kappa shape index (κ1) is 15.9. The zero-order valence-corrected chi connectivity index (χ0v) is 12.8. The Labute approximate surface area is 117 Å². The minimum atomic E-state index is -0.549. The molecule has 5 nitrogen and oxygen atoms in total. The van der Waals surface area contributed by atoms with E-state index in [1.165, 1.54) is 11.3 Å². The predicted molar refractivity (Wildman–Crippen MR) is 76.5 cm³/mol. The Morgan fingerprint density at radius 3 is 2.63 bits per heavy atom. The van der Waals surface area contributed by atoms with E-state index in [2.05, 4.69) is 0 Å². The van der Waals surface area contributed by atoms with Crippen molar-refractivity contribution in [3.8, 4) is 0 Å². The number of hydrogen-bond donors (Lipinski definition) is 1. The highest BCUT2D eigenvalue weighted by atomic mass is 32.1. The summed E-state index contributed by atoms with van der Waals surface area (Å²) >= 11 is 1.18.